The van der Waals surface area contributed by atoms with Crippen LogP contribution in [-0.4, -0.2) is 33.4 Å². The normalized spacial score (nSPS) is 18.2. The fourth-order valence-electron chi connectivity index (χ4n) is 3.63. The van der Waals surface area contributed by atoms with Crippen molar-refractivity contribution in [1.82, 2.24) is 14.5 Å². The molecule has 1 aromatic carbocycles. The monoisotopic (exact) mass is 339 g/mol. The first-order chi connectivity index (χ1) is 11.6. The van der Waals surface area contributed by atoms with Gasteiger partial charge in [0.2, 0.25) is 0 Å². The maximum atomic E-state index is 12.9. The summed E-state index contributed by atoms with van der Waals surface area (Å²) in [5, 5.41) is 1.15. The number of thiophene rings is 1. The number of aromatic nitrogens is 2. The second-order valence-corrected chi connectivity index (χ2v) is 7.67. The largest absolute Gasteiger partial charge is 0.337 e. The number of nitrogens with zero attached hydrogens (tertiary/aromatic N) is 3. The van der Waals surface area contributed by atoms with Gasteiger partial charge >= 0.3 is 0 Å². The lowest BCUT2D eigenvalue weighted by Gasteiger charge is -2.32. The molecule has 1 amide bonds. The summed E-state index contributed by atoms with van der Waals surface area (Å²) in [6.45, 7) is 3.62. The molecule has 24 heavy (non-hydrogen) atoms. The van der Waals surface area contributed by atoms with Gasteiger partial charge in [-0.25, -0.2) is 4.98 Å². The second-order valence-electron chi connectivity index (χ2n) is 6.59. The molecule has 0 aliphatic carbocycles. The fraction of sp³-hybridized carbons (Fsp3) is 0.368. The maximum Gasteiger partial charge on any atom is 0.263 e. The molecule has 1 aliphatic rings. The zero-order chi connectivity index (χ0) is 16.7. The van der Waals surface area contributed by atoms with E-state index >= 15 is 0 Å². The van der Waals surface area contributed by atoms with E-state index in [9.17, 15) is 4.79 Å². The van der Waals surface area contributed by atoms with E-state index < -0.39 is 0 Å². The van der Waals surface area contributed by atoms with Crippen LogP contribution in [-0.2, 0) is 7.05 Å². The van der Waals surface area contributed by atoms with Crippen molar-refractivity contribution in [3.8, 4) is 0 Å². The molecule has 5 heteroatoms. The summed E-state index contributed by atoms with van der Waals surface area (Å²) in [5.41, 5.74) is 1.04. The summed E-state index contributed by atoms with van der Waals surface area (Å²) in [5.74, 6) is 1.59. The average molecular weight is 339 g/mol. The molecular weight excluding hydrogens is 318 g/mol. The Morgan fingerprint density at radius 2 is 2.17 bits per heavy atom. The second kappa shape index (κ2) is 6.06. The molecule has 0 spiro atoms. The van der Waals surface area contributed by atoms with Crippen LogP contribution >= 0.6 is 11.3 Å². The number of imidazole rings is 1. The molecule has 0 radical (unpaired) electrons. The summed E-state index contributed by atoms with van der Waals surface area (Å²) < 4.78 is 3.28. The minimum atomic E-state index is 0.159. The molecule has 0 unspecified atom stereocenters. The molecule has 1 saturated heterocycles. The van der Waals surface area contributed by atoms with Gasteiger partial charge in [0.1, 0.15) is 5.82 Å². The van der Waals surface area contributed by atoms with Crippen molar-refractivity contribution >= 4 is 27.3 Å². The molecule has 1 fully saturated rings. The molecule has 124 valence electrons. The van der Waals surface area contributed by atoms with Gasteiger partial charge in [0.15, 0.2) is 0 Å². The number of hydrogen-bond acceptors (Lipinski definition) is 3. The smallest absolute Gasteiger partial charge is 0.263 e. The van der Waals surface area contributed by atoms with Gasteiger partial charge in [-0.3, -0.25) is 4.79 Å². The minimum Gasteiger partial charge on any atom is -0.337 e. The van der Waals surface area contributed by atoms with Crippen molar-refractivity contribution in [2.75, 3.05) is 13.1 Å². The lowest BCUT2D eigenvalue weighted by Crippen LogP contribution is -2.39. The molecule has 4 nitrogen and oxygen atoms in total. The number of fused-ring (bicyclic) bond motifs is 1. The molecule has 0 bridgehead atoms. The Kier molecular flexibility index (Phi) is 3.88. The maximum absolute atomic E-state index is 12.9. The average Bonchev–Trinajstić information content (AvgIpc) is 3.17. The highest BCUT2D eigenvalue weighted by Gasteiger charge is 2.28. The van der Waals surface area contributed by atoms with E-state index in [-0.39, 0.29) is 5.91 Å². The van der Waals surface area contributed by atoms with E-state index in [4.69, 9.17) is 0 Å². The van der Waals surface area contributed by atoms with Gasteiger partial charge in [-0.15, -0.1) is 11.3 Å². The highest BCUT2D eigenvalue weighted by atomic mass is 32.1. The Hall–Kier alpha value is -2.14. The molecule has 1 aliphatic heterocycles. The standard InChI is InChI=1S/C19H21N3OS/c1-13-11-21(2)18(20-13)15-7-5-9-22(12-15)19(23)17-10-14-6-3-4-8-16(14)24-17/h3-4,6,8,10-11,15H,5,7,9,12H2,1-2H3/t15-/m1/s1. The van der Waals surface area contributed by atoms with Gasteiger partial charge < -0.3 is 9.47 Å². The number of carbonyl (C=O) groups is 1. The van der Waals surface area contributed by atoms with Crippen molar-refractivity contribution in [2.24, 2.45) is 7.05 Å². The highest BCUT2D eigenvalue weighted by Crippen LogP contribution is 2.30. The van der Waals surface area contributed by atoms with Crippen LogP contribution in [0.1, 0.15) is 39.9 Å². The molecule has 2 aromatic heterocycles. The quantitative estimate of drug-likeness (QED) is 0.709. The van der Waals surface area contributed by atoms with Crippen LogP contribution in [0.3, 0.4) is 0 Å². The Morgan fingerprint density at radius 1 is 1.33 bits per heavy atom. The number of rotatable bonds is 2. The summed E-state index contributed by atoms with van der Waals surface area (Å²) in [6.07, 6.45) is 4.19. The predicted molar refractivity (Wildman–Crippen MR) is 97.6 cm³/mol. The third-order valence-corrected chi connectivity index (χ3v) is 5.85. The first-order valence-electron chi connectivity index (χ1n) is 8.39. The lowest BCUT2D eigenvalue weighted by molar-refractivity contribution is 0.0708. The van der Waals surface area contributed by atoms with Gasteiger partial charge in [0.05, 0.1) is 10.6 Å². The van der Waals surface area contributed by atoms with Crippen molar-refractivity contribution in [1.29, 1.82) is 0 Å². The molecule has 3 heterocycles. The number of benzene rings is 1. The molecule has 3 aromatic rings. The Balaban J connectivity index is 1.57. The van der Waals surface area contributed by atoms with Gasteiger partial charge in [-0.05, 0) is 37.3 Å². The lowest BCUT2D eigenvalue weighted by atomic mass is 9.97. The van der Waals surface area contributed by atoms with Gasteiger partial charge in [-0.2, -0.15) is 0 Å². The number of amides is 1. The first-order valence-corrected chi connectivity index (χ1v) is 9.21. The summed E-state index contributed by atoms with van der Waals surface area (Å²) in [6, 6.07) is 10.2. The molecule has 0 N–H and O–H groups in total. The predicted octanol–water partition coefficient (Wildman–Crippen LogP) is 3.96. The van der Waals surface area contributed by atoms with Crippen LogP contribution in [0.25, 0.3) is 10.1 Å². The third kappa shape index (κ3) is 2.73. The van der Waals surface area contributed by atoms with E-state index in [1.807, 2.05) is 37.1 Å². The van der Waals surface area contributed by atoms with E-state index in [1.54, 1.807) is 11.3 Å². The van der Waals surface area contributed by atoms with Crippen LogP contribution < -0.4 is 0 Å². The summed E-state index contributed by atoms with van der Waals surface area (Å²) >= 11 is 1.59. The summed E-state index contributed by atoms with van der Waals surface area (Å²) in [4.78, 5) is 20.5. The third-order valence-electron chi connectivity index (χ3n) is 4.74. The summed E-state index contributed by atoms with van der Waals surface area (Å²) in [7, 11) is 2.04. The highest BCUT2D eigenvalue weighted by molar-refractivity contribution is 7.20. The zero-order valence-electron chi connectivity index (χ0n) is 14.0. The number of likely N-dealkylation sites (tertiary alicyclic amines) is 1. The van der Waals surface area contributed by atoms with Gasteiger partial charge in [0, 0.05) is 37.0 Å². The number of carbonyl (C=O) groups excluding carboxylic acids is 1. The molecular formula is C19H21N3OS. The molecule has 0 saturated carbocycles. The topological polar surface area (TPSA) is 38.1 Å². The van der Waals surface area contributed by atoms with E-state index in [0.29, 0.717) is 5.92 Å². The number of piperidine rings is 1. The minimum absolute atomic E-state index is 0.159. The Bertz CT molecular complexity index is 862. The number of aryl methyl sites for hydroxylation is 2. The van der Waals surface area contributed by atoms with Crippen molar-refractivity contribution in [3.63, 3.8) is 0 Å². The van der Waals surface area contributed by atoms with Crippen LogP contribution in [0.2, 0.25) is 0 Å². The molecule has 4 rings (SSSR count). The molecule has 1 atom stereocenters. The first kappa shape index (κ1) is 15.4. The van der Waals surface area contributed by atoms with Crippen molar-refractivity contribution in [2.45, 2.75) is 25.7 Å². The number of hydrogen-bond donors (Lipinski definition) is 0. The van der Waals surface area contributed by atoms with E-state index in [0.717, 1.165) is 47.7 Å². The van der Waals surface area contributed by atoms with Crippen LogP contribution in [0.15, 0.2) is 36.5 Å². The van der Waals surface area contributed by atoms with E-state index in [2.05, 4.69) is 27.9 Å². The Labute approximate surface area is 145 Å². The van der Waals surface area contributed by atoms with Gasteiger partial charge in [0.25, 0.3) is 5.91 Å². The van der Waals surface area contributed by atoms with Gasteiger partial charge in [-0.1, -0.05) is 18.2 Å². The van der Waals surface area contributed by atoms with Crippen LogP contribution in [0, 0.1) is 6.92 Å². The Morgan fingerprint density at radius 3 is 2.92 bits per heavy atom. The fourth-order valence-corrected chi connectivity index (χ4v) is 4.66. The van der Waals surface area contributed by atoms with Crippen molar-refractivity contribution in [3.05, 3.63) is 52.9 Å². The van der Waals surface area contributed by atoms with Crippen LogP contribution in [0.4, 0.5) is 0 Å². The zero-order valence-corrected chi connectivity index (χ0v) is 14.8. The van der Waals surface area contributed by atoms with E-state index in [1.165, 1.54) is 4.70 Å². The SMILES string of the molecule is Cc1cn(C)c([C@@H]2CCCN(C(=O)c3cc4ccccc4s3)C2)n1. The van der Waals surface area contributed by atoms with Crippen LogP contribution in [0.5, 0.6) is 0 Å². The van der Waals surface area contributed by atoms with Crippen molar-refractivity contribution < 1.29 is 4.79 Å².